The minimum absolute atomic E-state index is 0.00371. The van der Waals surface area contributed by atoms with Crippen LogP contribution in [0.5, 0.6) is 11.5 Å². The number of esters is 1. The number of fused-ring (bicyclic) bond motifs is 1. The second-order valence-electron chi connectivity index (χ2n) is 17.0. The fraction of sp³-hybridized carbons (Fsp3) is 0.447. The predicted molar refractivity (Wildman–Crippen MR) is 238 cm³/mol. The maximum absolute atomic E-state index is 14.1. The number of benzene rings is 3. The molecule has 1 fully saturated rings. The van der Waals surface area contributed by atoms with Crippen molar-refractivity contribution in [3.63, 3.8) is 0 Å². The van der Waals surface area contributed by atoms with Gasteiger partial charge in [0.15, 0.2) is 17.7 Å². The average molecular weight is 865 g/mol. The van der Waals surface area contributed by atoms with Crippen LogP contribution in [-0.2, 0) is 37.5 Å². The summed E-state index contributed by atoms with van der Waals surface area (Å²) in [4.78, 5) is 52.8. The normalized spacial score (nSPS) is 18.5. The lowest BCUT2D eigenvalue weighted by Gasteiger charge is -2.30. The Balaban J connectivity index is 1.20. The van der Waals surface area contributed by atoms with E-state index in [1.807, 2.05) is 88.4 Å². The third-order valence-corrected chi connectivity index (χ3v) is 11.5. The molecule has 1 aliphatic heterocycles. The highest BCUT2D eigenvalue weighted by molar-refractivity contribution is 5.88. The van der Waals surface area contributed by atoms with Crippen LogP contribution in [0.15, 0.2) is 79.4 Å². The van der Waals surface area contributed by atoms with Crippen LogP contribution in [0.4, 0.5) is 5.82 Å². The molecule has 336 valence electrons. The minimum Gasteiger partial charge on any atom is -0.497 e. The van der Waals surface area contributed by atoms with Crippen molar-refractivity contribution < 1.29 is 38.8 Å². The Morgan fingerprint density at radius 2 is 1.71 bits per heavy atom. The second kappa shape index (κ2) is 21.0. The number of aliphatic hydroxyl groups excluding tert-OH is 2. The van der Waals surface area contributed by atoms with E-state index in [4.69, 9.17) is 19.9 Å². The molecule has 1 aliphatic rings. The number of nitrogens with two attached hydrogens (primary N) is 1. The van der Waals surface area contributed by atoms with Gasteiger partial charge in [-0.05, 0) is 92.4 Å². The van der Waals surface area contributed by atoms with Gasteiger partial charge in [-0.1, -0.05) is 62.4 Å². The second-order valence-corrected chi connectivity index (χ2v) is 17.0. The largest absolute Gasteiger partial charge is 0.497 e. The summed E-state index contributed by atoms with van der Waals surface area (Å²) in [6.45, 7) is 10.4. The summed E-state index contributed by atoms with van der Waals surface area (Å²) in [6, 6.07) is 20.4. The standard InChI is InChI=1S/C47H60N8O8/c1-28-20-29(2)39(36(21-28)62-30(3)56)47(4,5)23-38(57)54-35(45(60)50-19-18-31-12-15-34(61-6)16-13-31)17-14-33(25-49-24-32-10-8-7-9-11-32)22-37-41(58)42(59)46(63-37)55-27-53-40-43(48)51-26-52-44(40)55/h7-13,15-16,20-21,26-27,33,35,37,41-42,46,49,58-59H,14,17-19,22-25H2,1-6H3,(H,50,60)(H,54,57)(H2,48,51,52)/t33-,35-,37?,41?,42?,46?/m0/s1. The summed E-state index contributed by atoms with van der Waals surface area (Å²) in [5.41, 5.74) is 10.6. The molecule has 16 nitrogen and oxygen atoms in total. The topological polar surface area (TPSA) is 225 Å². The average Bonchev–Trinajstić information content (AvgIpc) is 3.79. The molecule has 6 atom stereocenters. The molecule has 2 amide bonds. The van der Waals surface area contributed by atoms with Gasteiger partial charge in [0.2, 0.25) is 11.8 Å². The molecule has 7 N–H and O–H groups in total. The van der Waals surface area contributed by atoms with Gasteiger partial charge >= 0.3 is 5.97 Å². The molecule has 5 aromatic rings. The number of carbonyl (C=O) groups excluding carboxylic acids is 3. The first-order valence-electron chi connectivity index (χ1n) is 21.3. The maximum Gasteiger partial charge on any atom is 0.308 e. The minimum atomic E-state index is -1.30. The van der Waals surface area contributed by atoms with Gasteiger partial charge in [0, 0.05) is 37.4 Å². The zero-order valence-corrected chi connectivity index (χ0v) is 36.8. The Bertz CT molecular complexity index is 2340. The molecule has 4 unspecified atom stereocenters. The number of aryl methyl sites for hydroxylation is 2. The van der Waals surface area contributed by atoms with E-state index in [1.165, 1.54) is 19.6 Å². The number of nitrogen functional groups attached to an aromatic ring is 1. The number of anilines is 1. The number of rotatable bonds is 20. The van der Waals surface area contributed by atoms with Gasteiger partial charge < -0.3 is 46.1 Å². The van der Waals surface area contributed by atoms with E-state index in [0.717, 1.165) is 33.6 Å². The molecule has 0 spiro atoms. The van der Waals surface area contributed by atoms with Crippen molar-refractivity contribution in [1.29, 1.82) is 0 Å². The quantitative estimate of drug-likeness (QED) is 0.0473. The maximum atomic E-state index is 14.1. The summed E-state index contributed by atoms with van der Waals surface area (Å²) in [5.74, 6) is -0.00673. The Morgan fingerprint density at radius 3 is 2.43 bits per heavy atom. The highest BCUT2D eigenvalue weighted by Crippen LogP contribution is 2.39. The number of hydrogen-bond acceptors (Lipinski definition) is 13. The van der Waals surface area contributed by atoms with Gasteiger partial charge in [-0.15, -0.1) is 0 Å². The lowest BCUT2D eigenvalue weighted by Crippen LogP contribution is -2.48. The lowest BCUT2D eigenvalue weighted by atomic mass is 9.78. The number of ether oxygens (including phenoxy) is 3. The number of amides is 2. The highest BCUT2D eigenvalue weighted by Gasteiger charge is 2.45. The fourth-order valence-electron chi connectivity index (χ4n) is 8.54. The van der Waals surface area contributed by atoms with E-state index in [9.17, 15) is 24.6 Å². The molecule has 0 bridgehead atoms. The number of imidazole rings is 1. The molecule has 6 rings (SSSR count). The molecule has 16 heteroatoms. The van der Waals surface area contributed by atoms with Crippen LogP contribution in [0, 0.1) is 19.8 Å². The Morgan fingerprint density at radius 1 is 0.968 bits per heavy atom. The van der Waals surface area contributed by atoms with Gasteiger partial charge in [-0.3, -0.25) is 19.0 Å². The van der Waals surface area contributed by atoms with E-state index < -0.39 is 42.0 Å². The van der Waals surface area contributed by atoms with Crippen molar-refractivity contribution in [2.45, 2.75) is 109 Å². The van der Waals surface area contributed by atoms with E-state index in [1.54, 1.807) is 17.7 Å². The van der Waals surface area contributed by atoms with Gasteiger partial charge in [0.05, 0.1) is 19.5 Å². The number of methoxy groups -OCH3 is 1. The third-order valence-electron chi connectivity index (χ3n) is 11.5. The Hall–Kier alpha value is -5.94. The van der Waals surface area contributed by atoms with E-state index >= 15 is 0 Å². The van der Waals surface area contributed by atoms with E-state index in [2.05, 4.69) is 30.9 Å². The third kappa shape index (κ3) is 12.0. The van der Waals surface area contributed by atoms with E-state index in [0.29, 0.717) is 55.8 Å². The van der Waals surface area contributed by atoms with Crippen molar-refractivity contribution >= 4 is 34.8 Å². The van der Waals surface area contributed by atoms with Crippen LogP contribution in [0.2, 0.25) is 0 Å². The molecule has 63 heavy (non-hydrogen) atoms. The Labute approximate surface area is 368 Å². The number of carbonyl (C=O) groups is 3. The first-order valence-corrected chi connectivity index (χ1v) is 21.3. The number of nitrogens with one attached hydrogen (secondary N) is 3. The van der Waals surface area contributed by atoms with Gasteiger partial charge in [0.25, 0.3) is 0 Å². The number of aliphatic hydroxyl groups is 2. The molecule has 0 aliphatic carbocycles. The summed E-state index contributed by atoms with van der Waals surface area (Å²) in [6.07, 6.45) is 0.0175. The fourth-order valence-corrected chi connectivity index (χ4v) is 8.54. The monoisotopic (exact) mass is 864 g/mol. The van der Waals surface area contributed by atoms with Crippen LogP contribution >= 0.6 is 0 Å². The summed E-state index contributed by atoms with van der Waals surface area (Å²) < 4.78 is 18.8. The molecule has 3 aromatic carbocycles. The molecular formula is C47H60N8O8. The number of nitrogens with zero attached hydrogens (tertiary/aromatic N) is 4. The van der Waals surface area contributed by atoms with Crippen molar-refractivity contribution in [1.82, 2.24) is 35.5 Å². The van der Waals surface area contributed by atoms with Crippen molar-refractivity contribution in [2.75, 3.05) is 25.9 Å². The number of hydrogen-bond donors (Lipinski definition) is 6. The van der Waals surface area contributed by atoms with Crippen LogP contribution in [-0.4, -0.2) is 92.1 Å². The number of aromatic nitrogens is 4. The van der Waals surface area contributed by atoms with Crippen molar-refractivity contribution in [3.8, 4) is 11.5 Å². The molecular weight excluding hydrogens is 805 g/mol. The lowest BCUT2D eigenvalue weighted by molar-refractivity contribution is -0.132. The Kier molecular flexibility index (Phi) is 15.5. The van der Waals surface area contributed by atoms with Gasteiger partial charge in [0.1, 0.15) is 41.6 Å². The van der Waals surface area contributed by atoms with Crippen molar-refractivity contribution in [2.24, 2.45) is 5.92 Å². The molecule has 2 aromatic heterocycles. The zero-order chi connectivity index (χ0) is 45.3. The van der Waals surface area contributed by atoms with Crippen LogP contribution < -0.4 is 31.2 Å². The predicted octanol–water partition coefficient (Wildman–Crippen LogP) is 4.37. The molecule has 0 radical (unpaired) electrons. The van der Waals surface area contributed by atoms with Gasteiger partial charge in [-0.25, -0.2) is 15.0 Å². The van der Waals surface area contributed by atoms with Crippen molar-refractivity contribution in [3.05, 3.63) is 107 Å². The van der Waals surface area contributed by atoms with Gasteiger partial charge in [-0.2, -0.15) is 0 Å². The smallest absolute Gasteiger partial charge is 0.308 e. The summed E-state index contributed by atoms with van der Waals surface area (Å²) in [7, 11) is 1.61. The highest BCUT2D eigenvalue weighted by atomic mass is 16.6. The molecule has 1 saturated heterocycles. The summed E-state index contributed by atoms with van der Waals surface area (Å²) >= 11 is 0. The first kappa shape index (κ1) is 46.6. The summed E-state index contributed by atoms with van der Waals surface area (Å²) in [5, 5.41) is 32.2. The first-order chi connectivity index (χ1) is 30.1. The van der Waals surface area contributed by atoms with Crippen LogP contribution in [0.25, 0.3) is 11.2 Å². The van der Waals surface area contributed by atoms with Crippen LogP contribution in [0.1, 0.15) is 80.5 Å². The van der Waals surface area contributed by atoms with Crippen LogP contribution in [0.3, 0.4) is 0 Å². The SMILES string of the molecule is COc1ccc(CCNC(=O)[C@H](CC[C@H](CNCc2ccccc2)CC2OC(n3cnc4c(N)ncnc43)C(O)C2O)NC(=O)CC(C)(C)c2c(C)cc(C)cc2OC(C)=O)cc1. The zero-order valence-electron chi connectivity index (χ0n) is 36.8. The molecule has 0 saturated carbocycles. The van der Waals surface area contributed by atoms with E-state index in [-0.39, 0.29) is 36.4 Å². The molecule has 3 heterocycles.